The van der Waals surface area contributed by atoms with Crippen molar-refractivity contribution in [1.29, 1.82) is 0 Å². The highest BCUT2D eigenvalue weighted by atomic mass is 16.4. The summed E-state index contributed by atoms with van der Waals surface area (Å²) in [5.41, 5.74) is 0. The van der Waals surface area contributed by atoms with Crippen LogP contribution in [0.15, 0.2) is 0 Å². The van der Waals surface area contributed by atoms with Crippen LogP contribution in [0.4, 0.5) is 0 Å². The summed E-state index contributed by atoms with van der Waals surface area (Å²) in [5.74, 6) is 1.26. The predicted molar refractivity (Wildman–Crippen MR) is 49.9 cm³/mol. The molecule has 0 amide bonds. The molecule has 5 heteroatoms. The summed E-state index contributed by atoms with van der Waals surface area (Å²) < 4.78 is 0. The number of aryl methyl sites for hydroxylation is 3. The number of aliphatic carboxylic acids is 1. The lowest BCUT2D eigenvalue weighted by atomic mass is 10.2. The first-order chi connectivity index (χ1) is 6.58. The van der Waals surface area contributed by atoms with Gasteiger partial charge in [-0.1, -0.05) is 0 Å². The molecule has 76 valence electrons. The van der Waals surface area contributed by atoms with Gasteiger partial charge in [0.1, 0.15) is 17.5 Å². The first-order valence-corrected chi connectivity index (χ1v) is 4.48. The number of aromatic nitrogens is 3. The van der Waals surface area contributed by atoms with Crippen molar-refractivity contribution in [3.05, 3.63) is 17.5 Å². The summed E-state index contributed by atoms with van der Waals surface area (Å²) in [7, 11) is 0. The van der Waals surface area contributed by atoms with E-state index in [-0.39, 0.29) is 6.42 Å². The molecule has 0 aromatic carbocycles. The highest BCUT2D eigenvalue weighted by Gasteiger charge is 2.02. The Hall–Kier alpha value is -1.52. The van der Waals surface area contributed by atoms with Gasteiger partial charge in [0.2, 0.25) is 0 Å². The Kier molecular flexibility index (Phi) is 3.50. The quantitative estimate of drug-likeness (QED) is 0.772. The third-order valence-electron chi connectivity index (χ3n) is 1.70. The largest absolute Gasteiger partial charge is 0.481 e. The number of carboxylic acid groups (broad SMARTS) is 1. The molecule has 0 saturated heterocycles. The Morgan fingerprint density at radius 1 is 1.21 bits per heavy atom. The van der Waals surface area contributed by atoms with Crippen LogP contribution in [-0.4, -0.2) is 26.0 Å². The van der Waals surface area contributed by atoms with Crippen LogP contribution >= 0.6 is 0 Å². The number of carboxylic acids is 1. The summed E-state index contributed by atoms with van der Waals surface area (Å²) >= 11 is 0. The normalized spacial score (nSPS) is 10.1. The monoisotopic (exact) mass is 195 g/mol. The minimum absolute atomic E-state index is 0.157. The van der Waals surface area contributed by atoms with E-state index >= 15 is 0 Å². The standard InChI is InChI=1S/C9H13N3O2/c1-6-10-7(2)12-8(11-6)4-3-5-9(13)14/h3-5H2,1-2H3,(H,13,14). The SMILES string of the molecule is Cc1nc(C)nc(CCCC(=O)O)n1. The summed E-state index contributed by atoms with van der Waals surface area (Å²) in [6.07, 6.45) is 1.32. The number of rotatable bonds is 4. The summed E-state index contributed by atoms with van der Waals surface area (Å²) in [4.78, 5) is 22.5. The highest BCUT2D eigenvalue weighted by Crippen LogP contribution is 2.00. The van der Waals surface area contributed by atoms with Gasteiger partial charge in [0.25, 0.3) is 0 Å². The van der Waals surface area contributed by atoms with Crippen molar-refractivity contribution < 1.29 is 9.90 Å². The van der Waals surface area contributed by atoms with Gasteiger partial charge in [-0.3, -0.25) is 4.79 Å². The number of carbonyl (C=O) groups is 1. The second kappa shape index (κ2) is 4.64. The van der Waals surface area contributed by atoms with Gasteiger partial charge >= 0.3 is 5.97 Å². The van der Waals surface area contributed by atoms with Crippen molar-refractivity contribution in [2.24, 2.45) is 0 Å². The van der Waals surface area contributed by atoms with Gasteiger partial charge in [-0.2, -0.15) is 0 Å². The molecule has 1 aromatic heterocycles. The fourth-order valence-corrected chi connectivity index (χ4v) is 1.19. The molecule has 0 unspecified atom stereocenters. The van der Waals surface area contributed by atoms with Crippen molar-refractivity contribution in [2.75, 3.05) is 0 Å². The fraction of sp³-hybridized carbons (Fsp3) is 0.556. The third kappa shape index (κ3) is 3.47. The average molecular weight is 195 g/mol. The van der Waals surface area contributed by atoms with Gasteiger partial charge in [-0.05, 0) is 20.3 Å². The Labute approximate surface area is 82.2 Å². The number of hydrogen-bond acceptors (Lipinski definition) is 4. The van der Waals surface area contributed by atoms with Crippen LogP contribution in [-0.2, 0) is 11.2 Å². The van der Waals surface area contributed by atoms with E-state index in [4.69, 9.17) is 5.11 Å². The second-order valence-electron chi connectivity index (χ2n) is 3.09. The molecule has 1 N–H and O–H groups in total. The van der Waals surface area contributed by atoms with Crippen LogP contribution in [0, 0.1) is 13.8 Å². The van der Waals surface area contributed by atoms with Gasteiger partial charge in [0.15, 0.2) is 0 Å². The van der Waals surface area contributed by atoms with Gasteiger partial charge in [0, 0.05) is 12.8 Å². The molecule has 0 spiro atoms. The zero-order chi connectivity index (χ0) is 10.6. The molecule has 0 aliphatic heterocycles. The third-order valence-corrected chi connectivity index (χ3v) is 1.70. The molecule has 0 radical (unpaired) electrons. The van der Waals surface area contributed by atoms with Gasteiger partial charge < -0.3 is 5.11 Å². The van der Waals surface area contributed by atoms with E-state index in [9.17, 15) is 4.79 Å². The topological polar surface area (TPSA) is 76.0 Å². The van der Waals surface area contributed by atoms with E-state index in [0.29, 0.717) is 30.3 Å². The molecular formula is C9H13N3O2. The smallest absolute Gasteiger partial charge is 0.303 e. The Balaban J connectivity index is 2.54. The van der Waals surface area contributed by atoms with Crippen molar-refractivity contribution >= 4 is 5.97 Å². The Morgan fingerprint density at radius 3 is 2.29 bits per heavy atom. The van der Waals surface area contributed by atoms with Gasteiger partial charge in [-0.15, -0.1) is 0 Å². The molecule has 0 saturated carbocycles. The average Bonchev–Trinajstić information content (AvgIpc) is 2.01. The molecule has 0 bridgehead atoms. The van der Waals surface area contributed by atoms with Crippen LogP contribution in [0.5, 0.6) is 0 Å². The first-order valence-electron chi connectivity index (χ1n) is 4.48. The van der Waals surface area contributed by atoms with Crippen molar-refractivity contribution in [3.8, 4) is 0 Å². The highest BCUT2D eigenvalue weighted by molar-refractivity contribution is 5.66. The zero-order valence-corrected chi connectivity index (χ0v) is 8.32. The van der Waals surface area contributed by atoms with Crippen LogP contribution in [0.25, 0.3) is 0 Å². The molecule has 0 aliphatic carbocycles. The van der Waals surface area contributed by atoms with Crippen LogP contribution in [0.3, 0.4) is 0 Å². The molecule has 14 heavy (non-hydrogen) atoms. The van der Waals surface area contributed by atoms with E-state index in [1.807, 2.05) is 0 Å². The molecule has 1 heterocycles. The van der Waals surface area contributed by atoms with Crippen molar-refractivity contribution in [3.63, 3.8) is 0 Å². The van der Waals surface area contributed by atoms with E-state index in [1.165, 1.54) is 0 Å². The van der Waals surface area contributed by atoms with E-state index in [0.717, 1.165) is 0 Å². The molecule has 0 atom stereocenters. The van der Waals surface area contributed by atoms with E-state index < -0.39 is 5.97 Å². The van der Waals surface area contributed by atoms with E-state index in [1.54, 1.807) is 13.8 Å². The zero-order valence-electron chi connectivity index (χ0n) is 8.32. The maximum Gasteiger partial charge on any atom is 0.303 e. The maximum atomic E-state index is 10.3. The molecule has 1 rings (SSSR count). The first kappa shape index (κ1) is 10.6. The maximum absolute atomic E-state index is 10.3. The number of hydrogen-bond donors (Lipinski definition) is 1. The molecular weight excluding hydrogens is 182 g/mol. The molecule has 5 nitrogen and oxygen atoms in total. The summed E-state index contributed by atoms with van der Waals surface area (Å²) in [6, 6.07) is 0. The van der Waals surface area contributed by atoms with Gasteiger partial charge in [-0.25, -0.2) is 15.0 Å². The minimum atomic E-state index is -0.785. The lowest BCUT2D eigenvalue weighted by Gasteiger charge is -2.00. The minimum Gasteiger partial charge on any atom is -0.481 e. The molecule has 1 aromatic rings. The van der Waals surface area contributed by atoms with Gasteiger partial charge in [0.05, 0.1) is 0 Å². The van der Waals surface area contributed by atoms with Crippen LogP contribution < -0.4 is 0 Å². The van der Waals surface area contributed by atoms with E-state index in [2.05, 4.69) is 15.0 Å². The lowest BCUT2D eigenvalue weighted by Crippen LogP contribution is -2.04. The van der Waals surface area contributed by atoms with Crippen LogP contribution in [0.1, 0.15) is 30.3 Å². The van der Waals surface area contributed by atoms with Crippen molar-refractivity contribution in [1.82, 2.24) is 15.0 Å². The molecule has 0 fully saturated rings. The summed E-state index contributed by atoms with van der Waals surface area (Å²) in [6.45, 7) is 3.60. The molecule has 0 aliphatic rings. The second-order valence-corrected chi connectivity index (χ2v) is 3.09. The fourth-order valence-electron chi connectivity index (χ4n) is 1.19. The lowest BCUT2D eigenvalue weighted by molar-refractivity contribution is -0.137. The predicted octanol–water partition coefficient (Wildman–Crippen LogP) is 0.896. The summed E-state index contributed by atoms with van der Waals surface area (Å²) in [5, 5.41) is 8.45. The Bertz CT molecular complexity index is 319. The van der Waals surface area contributed by atoms with Crippen LogP contribution in [0.2, 0.25) is 0 Å². The Morgan fingerprint density at radius 2 is 1.79 bits per heavy atom. The number of nitrogens with zero attached hydrogens (tertiary/aromatic N) is 3. The van der Waals surface area contributed by atoms with Crippen molar-refractivity contribution in [2.45, 2.75) is 33.1 Å².